The minimum atomic E-state index is -1.66. The topological polar surface area (TPSA) is 449 Å². The molecule has 73 heavy (non-hydrogen) atoms. The number of carbonyl (C=O) groups excluding carboxylic acids is 12. The summed E-state index contributed by atoms with van der Waals surface area (Å²) < 4.78 is 0. The summed E-state index contributed by atoms with van der Waals surface area (Å²) in [5, 5.41) is 34.2. The summed E-state index contributed by atoms with van der Waals surface area (Å²) in [5.41, 5.74) is 21.6. The quantitative estimate of drug-likeness (QED) is 0.0258. The summed E-state index contributed by atoms with van der Waals surface area (Å²) >= 11 is 1.47. The maximum absolute atomic E-state index is 13.9. The second-order valence-electron chi connectivity index (χ2n) is 18.0. The van der Waals surface area contributed by atoms with E-state index >= 15 is 0 Å². The van der Waals surface area contributed by atoms with Crippen molar-refractivity contribution in [3.05, 3.63) is 0 Å². The summed E-state index contributed by atoms with van der Waals surface area (Å²) in [7, 11) is 0. The number of hydrogen-bond donors (Lipinski definition) is 15. The maximum Gasteiger partial charge on any atom is 0.245 e. The van der Waals surface area contributed by atoms with Gasteiger partial charge < -0.3 is 81.2 Å². The number of aliphatic hydroxyl groups excluding tert-OH is 1. The van der Waals surface area contributed by atoms with Crippen LogP contribution in [-0.4, -0.2) is 169 Å². The van der Waals surface area contributed by atoms with Crippen molar-refractivity contribution in [1.82, 2.24) is 53.2 Å². The predicted octanol–water partition coefficient (Wildman–Crippen LogP) is -5.55. The Morgan fingerprint density at radius 2 is 1.01 bits per heavy atom. The van der Waals surface area contributed by atoms with Crippen molar-refractivity contribution < 1.29 is 62.6 Å². The Bertz CT molecular complexity index is 1880. The molecule has 28 heteroatoms. The molecule has 0 heterocycles. The lowest BCUT2D eigenvalue weighted by atomic mass is 9.94. The number of nitrogens with two attached hydrogens (primary N) is 4. The van der Waals surface area contributed by atoms with Gasteiger partial charge in [0.1, 0.15) is 48.3 Å². The number of hydrogen-bond acceptors (Lipinski definition) is 16. The summed E-state index contributed by atoms with van der Waals surface area (Å²) in [6, 6.07) is -10.2. The van der Waals surface area contributed by atoms with Gasteiger partial charge in [0.25, 0.3) is 0 Å². The minimum absolute atomic E-state index is 0.00884. The van der Waals surface area contributed by atoms with Crippen LogP contribution >= 0.6 is 11.8 Å². The van der Waals surface area contributed by atoms with Gasteiger partial charge in [0.2, 0.25) is 70.9 Å². The molecule has 0 fully saturated rings. The number of nitrogens with one attached hydrogen (secondary N) is 10. The number of amides is 12. The van der Waals surface area contributed by atoms with Gasteiger partial charge in [-0.05, 0) is 75.3 Å². The fourth-order valence-electron chi connectivity index (χ4n) is 6.76. The molecule has 0 rings (SSSR count). The van der Waals surface area contributed by atoms with E-state index in [0.29, 0.717) is 37.9 Å². The van der Waals surface area contributed by atoms with Crippen molar-refractivity contribution >= 4 is 82.6 Å². The standard InChI is InChI=1S/C45H82N14O13S/c1-9-24(5)36(44(71)51-21-35(64)53-29(17-23(3)4)41(68)55-27(38(49)65)14-16-73-8)59-45(72)37(25(6)10-2)58-39(66)26(7)52-34(63)20-50-40(67)28(13-11-12-15-46)56-42(69)30(18-32(48)61)57-43(70)31(22-60)54-33(62)19-47/h23-31,36-37,60H,9-22,46-47H2,1-8H3,(H2,48,61)(H2,49,65)(H,50,67)(H,51,71)(H,52,63)(H,53,64)(H,54,62)(H,55,68)(H,56,69)(H,57,70)(H,58,66)(H,59,72). The highest BCUT2D eigenvalue weighted by molar-refractivity contribution is 7.98. The first-order valence-corrected chi connectivity index (χ1v) is 25.7. The number of unbranched alkanes of at least 4 members (excludes halogenated alkanes) is 1. The van der Waals surface area contributed by atoms with Crippen molar-refractivity contribution in [3.63, 3.8) is 0 Å². The van der Waals surface area contributed by atoms with Gasteiger partial charge in [-0.1, -0.05) is 54.4 Å². The third-order valence-corrected chi connectivity index (χ3v) is 12.1. The minimum Gasteiger partial charge on any atom is -0.394 e. The van der Waals surface area contributed by atoms with Gasteiger partial charge in [-0.2, -0.15) is 11.8 Å². The molecule has 19 N–H and O–H groups in total. The van der Waals surface area contributed by atoms with Crippen LogP contribution in [0, 0.1) is 17.8 Å². The zero-order valence-corrected chi connectivity index (χ0v) is 44.1. The highest BCUT2D eigenvalue weighted by Crippen LogP contribution is 2.13. The van der Waals surface area contributed by atoms with E-state index in [9.17, 15) is 62.6 Å². The van der Waals surface area contributed by atoms with Crippen LogP contribution in [0.1, 0.15) is 99.8 Å². The SMILES string of the molecule is CCC(C)C(NC(=O)C(C)NC(=O)CNC(=O)C(CCCCN)NC(=O)C(CC(N)=O)NC(=O)C(CO)NC(=O)CN)C(=O)NC(C(=O)NCC(=O)NC(CC(C)C)C(=O)NC(CCSC)C(N)=O)C(C)CC. The van der Waals surface area contributed by atoms with E-state index in [1.807, 2.05) is 20.1 Å². The third kappa shape index (κ3) is 26.4. The monoisotopic (exact) mass is 1060 g/mol. The zero-order valence-electron chi connectivity index (χ0n) is 43.3. The molecular weight excluding hydrogens is 977 g/mol. The Morgan fingerprint density at radius 1 is 0.521 bits per heavy atom. The molecule has 0 aliphatic heterocycles. The molecule has 12 amide bonds. The van der Waals surface area contributed by atoms with Crippen molar-refractivity contribution in [2.45, 2.75) is 148 Å². The number of primary amides is 2. The number of carbonyl (C=O) groups is 12. The largest absolute Gasteiger partial charge is 0.394 e. The van der Waals surface area contributed by atoms with Crippen molar-refractivity contribution in [3.8, 4) is 0 Å². The van der Waals surface area contributed by atoms with Crippen molar-refractivity contribution in [2.75, 3.05) is 44.8 Å². The van der Waals surface area contributed by atoms with Crippen LogP contribution in [0.3, 0.4) is 0 Å². The first-order chi connectivity index (χ1) is 34.3. The zero-order chi connectivity index (χ0) is 56.0. The first-order valence-electron chi connectivity index (χ1n) is 24.3. The fraction of sp³-hybridized carbons (Fsp3) is 0.733. The van der Waals surface area contributed by atoms with E-state index in [4.69, 9.17) is 22.9 Å². The van der Waals surface area contributed by atoms with E-state index in [1.165, 1.54) is 18.7 Å². The Morgan fingerprint density at radius 3 is 1.52 bits per heavy atom. The first kappa shape index (κ1) is 66.9. The molecule has 0 saturated carbocycles. The van der Waals surface area contributed by atoms with Gasteiger partial charge in [0.15, 0.2) is 0 Å². The van der Waals surface area contributed by atoms with E-state index in [1.54, 1.807) is 27.7 Å². The van der Waals surface area contributed by atoms with Crippen LogP contribution in [0.4, 0.5) is 0 Å². The van der Waals surface area contributed by atoms with Gasteiger partial charge in [-0.3, -0.25) is 57.5 Å². The molecule has 0 spiro atoms. The van der Waals surface area contributed by atoms with Crippen LogP contribution in [0.2, 0.25) is 0 Å². The average molecular weight is 1060 g/mol. The van der Waals surface area contributed by atoms with Crippen LogP contribution in [-0.2, 0) is 57.5 Å². The Balaban J connectivity index is 5.90. The molecule has 0 aliphatic rings. The lowest BCUT2D eigenvalue weighted by molar-refractivity contribution is -0.136. The predicted molar refractivity (Wildman–Crippen MR) is 271 cm³/mol. The van der Waals surface area contributed by atoms with Gasteiger partial charge >= 0.3 is 0 Å². The average Bonchev–Trinajstić information content (AvgIpc) is 3.33. The molecule has 27 nitrogen and oxygen atoms in total. The Hall–Kier alpha value is -6.13. The molecule has 0 radical (unpaired) electrons. The van der Waals surface area contributed by atoms with E-state index in [2.05, 4.69) is 53.2 Å². The molecule has 10 atom stereocenters. The van der Waals surface area contributed by atoms with Crippen LogP contribution in [0.25, 0.3) is 0 Å². The molecular formula is C45H82N14O13S. The molecule has 0 aromatic rings. The van der Waals surface area contributed by atoms with Gasteiger partial charge in [0.05, 0.1) is 32.7 Å². The summed E-state index contributed by atoms with van der Waals surface area (Å²) in [5.74, 6) is -10.4. The van der Waals surface area contributed by atoms with E-state index in [0.717, 1.165) is 0 Å². The van der Waals surface area contributed by atoms with Crippen molar-refractivity contribution in [2.24, 2.45) is 40.7 Å². The fourth-order valence-corrected chi connectivity index (χ4v) is 7.23. The second kappa shape index (κ2) is 35.9. The summed E-state index contributed by atoms with van der Waals surface area (Å²) in [6.07, 6.45) is 3.14. The molecule has 416 valence electrons. The molecule has 0 aromatic carbocycles. The number of aliphatic hydroxyl groups is 1. The normalized spacial score (nSPS) is 15.1. The third-order valence-electron chi connectivity index (χ3n) is 11.5. The highest BCUT2D eigenvalue weighted by Gasteiger charge is 2.35. The molecule has 0 saturated heterocycles. The van der Waals surface area contributed by atoms with Crippen LogP contribution in [0.5, 0.6) is 0 Å². The van der Waals surface area contributed by atoms with Crippen molar-refractivity contribution in [1.29, 1.82) is 0 Å². The molecule has 0 aliphatic carbocycles. The lowest BCUT2D eigenvalue weighted by Crippen LogP contribution is -2.60. The van der Waals surface area contributed by atoms with E-state index in [-0.39, 0.29) is 25.3 Å². The number of rotatable bonds is 37. The van der Waals surface area contributed by atoms with E-state index < -0.39 is 164 Å². The second-order valence-corrected chi connectivity index (χ2v) is 19.0. The van der Waals surface area contributed by atoms with Gasteiger partial charge in [0, 0.05) is 0 Å². The highest BCUT2D eigenvalue weighted by atomic mass is 32.2. The van der Waals surface area contributed by atoms with Gasteiger partial charge in [-0.15, -0.1) is 0 Å². The Labute approximate surface area is 431 Å². The smallest absolute Gasteiger partial charge is 0.245 e. The number of thioether (sulfide) groups is 1. The summed E-state index contributed by atoms with van der Waals surface area (Å²) in [4.78, 5) is 155. The van der Waals surface area contributed by atoms with Gasteiger partial charge in [-0.25, -0.2) is 0 Å². The Kier molecular flexibility index (Phi) is 32.9. The van der Waals surface area contributed by atoms with Crippen LogP contribution in [0.15, 0.2) is 0 Å². The lowest BCUT2D eigenvalue weighted by Gasteiger charge is -2.29. The maximum atomic E-state index is 13.9. The molecule has 0 bridgehead atoms. The van der Waals surface area contributed by atoms with Crippen LogP contribution < -0.4 is 76.1 Å². The molecule has 0 aromatic heterocycles. The molecule has 10 unspecified atom stereocenters. The summed E-state index contributed by atoms with van der Waals surface area (Å²) in [6.45, 7) is 9.51.